The van der Waals surface area contributed by atoms with Crippen molar-refractivity contribution in [2.45, 2.75) is 38.5 Å². The number of amides is 1. The van der Waals surface area contributed by atoms with Crippen LogP contribution in [-0.2, 0) is 12.8 Å². The number of thiophene rings is 1. The van der Waals surface area contributed by atoms with Gasteiger partial charge >= 0.3 is 0 Å². The zero-order valence-electron chi connectivity index (χ0n) is 10.3. The Hall–Kier alpha value is -0.940. The fourth-order valence-electron chi connectivity index (χ4n) is 2.15. The Morgan fingerprint density at radius 1 is 1.44 bits per heavy atom. The highest BCUT2D eigenvalue weighted by molar-refractivity contribution is 7.80. The molecule has 98 valence electrons. The van der Waals surface area contributed by atoms with Gasteiger partial charge in [-0.25, -0.2) is 0 Å². The van der Waals surface area contributed by atoms with Gasteiger partial charge in [-0.3, -0.25) is 4.79 Å². The predicted molar refractivity (Wildman–Crippen MR) is 79.3 cm³/mol. The van der Waals surface area contributed by atoms with Crippen molar-refractivity contribution < 1.29 is 4.79 Å². The number of unbranched alkanes of at least 4 members (excludes halogenated alkanes) is 1. The molecule has 0 saturated heterocycles. The van der Waals surface area contributed by atoms with E-state index in [1.807, 2.05) is 0 Å². The summed E-state index contributed by atoms with van der Waals surface area (Å²) in [6.45, 7) is 0.698. The summed E-state index contributed by atoms with van der Waals surface area (Å²) in [7, 11) is 0. The smallest absolute Gasteiger partial charge is 0.261 e. The van der Waals surface area contributed by atoms with Crippen LogP contribution in [0.2, 0.25) is 0 Å². The zero-order valence-corrected chi connectivity index (χ0v) is 12.0. The molecule has 0 unspecified atom stereocenters. The van der Waals surface area contributed by atoms with Crippen molar-refractivity contribution in [1.29, 1.82) is 0 Å². The molecule has 0 bridgehead atoms. The molecule has 0 atom stereocenters. The third-order valence-corrected chi connectivity index (χ3v) is 4.55. The van der Waals surface area contributed by atoms with Gasteiger partial charge in [-0.05, 0) is 50.2 Å². The average Bonchev–Trinajstić information content (AvgIpc) is 2.87. The number of fused-ring (bicyclic) bond motifs is 1. The molecule has 3 N–H and O–H groups in total. The maximum atomic E-state index is 11.9. The van der Waals surface area contributed by atoms with Gasteiger partial charge in [0.2, 0.25) is 0 Å². The highest BCUT2D eigenvalue weighted by Crippen LogP contribution is 2.30. The van der Waals surface area contributed by atoms with Gasteiger partial charge in [0.05, 0.1) is 9.87 Å². The fourth-order valence-corrected chi connectivity index (χ4v) is 3.47. The lowest BCUT2D eigenvalue weighted by atomic mass is 10.2. The van der Waals surface area contributed by atoms with Gasteiger partial charge in [0.15, 0.2) is 0 Å². The lowest BCUT2D eigenvalue weighted by molar-refractivity contribution is 0.0957. The predicted octanol–water partition coefficient (Wildman–Crippen LogP) is 2.42. The van der Waals surface area contributed by atoms with E-state index in [0.29, 0.717) is 11.5 Å². The molecule has 1 amide bonds. The van der Waals surface area contributed by atoms with Crippen LogP contribution in [-0.4, -0.2) is 17.4 Å². The summed E-state index contributed by atoms with van der Waals surface area (Å²) < 4.78 is 0. The molecule has 1 heterocycles. The number of thiocarbonyl (C=S) groups is 1. The van der Waals surface area contributed by atoms with Crippen LogP contribution < -0.4 is 11.1 Å². The Labute approximate surface area is 117 Å². The van der Waals surface area contributed by atoms with Gasteiger partial charge in [0.25, 0.3) is 5.91 Å². The van der Waals surface area contributed by atoms with E-state index < -0.39 is 0 Å². The molecule has 0 radical (unpaired) electrons. The SMILES string of the molecule is NC(=S)CCCCNC(=O)c1cc2c(s1)CCC2. The first-order chi connectivity index (χ1) is 8.66. The van der Waals surface area contributed by atoms with Crippen LogP contribution in [0, 0.1) is 0 Å². The molecule has 1 aromatic heterocycles. The Kier molecular flexibility index (Phi) is 4.72. The quantitative estimate of drug-likeness (QED) is 0.622. The van der Waals surface area contributed by atoms with E-state index >= 15 is 0 Å². The van der Waals surface area contributed by atoms with Crippen LogP contribution in [0.3, 0.4) is 0 Å². The summed E-state index contributed by atoms with van der Waals surface area (Å²) >= 11 is 6.45. The van der Waals surface area contributed by atoms with Gasteiger partial charge in [-0.2, -0.15) is 0 Å². The van der Waals surface area contributed by atoms with Gasteiger partial charge in [0.1, 0.15) is 0 Å². The fraction of sp³-hybridized carbons (Fsp3) is 0.538. The summed E-state index contributed by atoms with van der Waals surface area (Å²) in [4.78, 5) is 14.7. The standard InChI is InChI=1S/C13H18N2OS2/c14-12(17)6-1-2-7-15-13(16)11-8-9-4-3-5-10(9)18-11/h8H,1-7H2,(H2,14,17)(H,15,16). The first-order valence-electron chi connectivity index (χ1n) is 6.35. The molecule has 0 aromatic carbocycles. The summed E-state index contributed by atoms with van der Waals surface area (Å²) in [6.07, 6.45) is 6.14. The van der Waals surface area contributed by atoms with Gasteiger partial charge in [0, 0.05) is 11.4 Å². The summed E-state index contributed by atoms with van der Waals surface area (Å²) in [5, 5.41) is 2.95. The molecule has 5 heteroatoms. The molecule has 18 heavy (non-hydrogen) atoms. The van der Waals surface area contributed by atoms with Crippen molar-refractivity contribution in [1.82, 2.24) is 5.32 Å². The van der Waals surface area contributed by atoms with Crippen molar-refractivity contribution in [3.8, 4) is 0 Å². The van der Waals surface area contributed by atoms with Crippen LogP contribution in [0.5, 0.6) is 0 Å². The third kappa shape index (κ3) is 3.53. The van der Waals surface area contributed by atoms with Crippen LogP contribution >= 0.6 is 23.6 Å². The van der Waals surface area contributed by atoms with Crippen molar-refractivity contribution in [2.24, 2.45) is 5.73 Å². The number of aryl methyl sites for hydroxylation is 2. The highest BCUT2D eigenvalue weighted by Gasteiger charge is 2.17. The average molecular weight is 282 g/mol. The van der Waals surface area contributed by atoms with E-state index in [2.05, 4.69) is 11.4 Å². The van der Waals surface area contributed by atoms with Crippen molar-refractivity contribution in [3.05, 3.63) is 21.4 Å². The highest BCUT2D eigenvalue weighted by atomic mass is 32.1. The first-order valence-corrected chi connectivity index (χ1v) is 7.57. The minimum atomic E-state index is 0.0599. The Morgan fingerprint density at radius 2 is 2.28 bits per heavy atom. The minimum Gasteiger partial charge on any atom is -0.393 e. The van der Waals surface area contributed by atoms with Gasteiger partial charge in [-0.15, -0.1) is 11.3 Å². The summed E-state index contributed by atoms with van der Waals surface area (Å²) in [5.74, 6) is 0.0599. The third-order valence-electron chi connectivity index (χ3n) is 3.11. The van der Waals surface area contributed by atoms with E-state index in [1.165, 1.54) is 16.9 Å². The topological polar surface area (TPSA) is 55.1 Å². The summed E-state index contributed by atoms with van der Waals surface area (Å²) in [5.41, 5.74) is 6.79. The number of rotatable bonds is 6. The Balaban J connectivity index is 1.72. The zero-order chi connectivity index (χ0) is 13.0. The molecule has 0 saturated carbocycles. The van der Waals surface area contributed by atoms with E-state index in [9.17, 15) is 4.79 Å². The number of hydrogen-bond donors (Lipinski definition) is 2. The molecule has 3 nitrogen and oxygen atoms in total. The number of carbonyl (C=O) groups excluding carboxylic acids is 1. The van der Waals surface area contributed by atoms with Crippen LogP contribution in [0.15, 0.2) is 6.07 Å². The number of hydrogen-bond acceptors (Lipinski definition) is 3. The van der Waals surface area contributed by atoms with E-state index in [-0.39, 0.29) is 5.91 Å². The largest absolute Gasteiger partial charge is 0.393 e. The first kappa shape index (κ1) is 13.5. The molecule has 1 aliphatic carbocycles. The van der Waals surface area contributed by atoms with E-state index in [1.54, 1.807) is 11.3 Å². The monoisotopic (exact) mass is 282 g/mol. The maximum Gasteiger partial charge on any atom is 0.261 e. The molecule has 0 aliphatic heterocycles. The maximum absolute atomic E-state index is 11.9. The normalized spacial score (nSPS) is 13.3. The van der Waals surface area contributed by atoms with Crippen molar-refractivity contribution >= 4 is 34.5 Å². The molecule has 1 aromatic rings. The van der Waals surface area contributed by atoms with Gasteiger partial charge in [-0.1, -0.05) is 12.2 Å². The second-order valence-electron chi connectivity index (χ2n) is 4.59. The molecule has 0 fully saturated rings. The van der Waals surface area contributed by atoms with Crippen LogP contribution in [0.1, 0.15) is 45.8 Å². The number of nitrogens with one attached hydrogen (secondary N) is 1. The van der Waals surface area contributed by atoms with E-state index in [0.717, 1.165) is 37.0 Å². The number of nitrogens with two attached hydrogens (primary N) is 1. The van der Waals surface area contributed by atoms with Gasteiger partial charge < -0.3 is 11.1 Å². The minimum absolute atomic E-state index is 0.0599. The second kappa shape index (κ2) is 6.29. The molecule has 0 spiro atoms. The van der Waals surface area contributed by atoms with Crippen molar-refractivity contribution in [3.63, 3.8) is 0 Å². The molecule has 1 aliphatic rings. The Morgan fingerprint density at radius 3 is 3.00 bits per heavy atom. The second-order valence-corrected chi connectivity index (χ2v) is 6.25. The molecular formula is C13H18N2OS2. The van der Waals surface area contributed by atoms with Crippen LogP contribution in [0.25, 0.3) is 0 Å². The lowest BCUT2D eigenvalue weighted by Gasteiger charge is -2.03. The molecular weight excluding hydrogens is 264 g/mol. The molecule has 2 rings (SSSR count). The number of carbonyl (C=O) groups is 1. The van der Waals surface area contributed by atoms with Crippen molar-refractivity contribution in [2.75, 3.05) is 6.54 Å². The lowest BCUT2D eigenvalue weighted by Crippen LogP contribution is -2.23. The van der Waals surface area contributed by atoms with E-state index in [4.69, 9.17) is 18.0 Å². The summed E-state index contributed by atoms with van der Waals surface area (Å²) in [6, 6.07) is 2.05. The Bertz CT molecular complexity index is 432. The van der Waals surface area contributed by atoms with Crippen LogP contribution in [0.4, 0.5) is 0 Å².